The van der Waals surface area contributed by atoms with E-state index in [1.54, 1.807) is 18.4 Å². The Kier molecular flexibility index (Phi) is 4.42. The van der Waals surface area contributed by atoms with Crippen molar-refractivity contribution in [2.45, 2.75) is 25.9 Å². The van der Waals surface area contributed by atoms with Gasteiger partial charge in [0.15, 0.2) is 0 Å². The Morgan fingerprint density at radius 2 is 2.15 bits per heavy atom. The van der Waals surface area contributed by atoms with Gasteiger partial charge >= 0.3 is 0 Å². The third kappa shape index (κ3) is 3.46. The Balaban J connectivity index is 2.44. The van der Waals surface area contributed by atoms with Crippen molar-refractivity contribution in [3.05, 3.63) is 21.9 Å². The van der Waals surface area contributed by atoms with E-state index in [2.05, 4.69) is 19.1 Å². The van der Waals surface area contributed by atoms with E-state index in [0.29, 0.717) is 13.0 Å². The lowest BCUT2D eigenvalue weighted by molar-refractivity contribution is 0.0655. The van der Waals surface area contributed by atoms with E-state index in [4.69, 9.17) is 4.74 Å². The first kappa shape index (κ1) is 10.7. The highest BCUT2D eigenvalue weighted by atomic mass is 32.1. The van der Waals surface area contributed by atoms with Crippen molar-refractivity contribution in [3.8, 4) is 0 Å². The molecule has 13 heavy (non-hydrogen) atoms. The summed E-state index contributed by atoms with van der Waals surface area (Å²) in [7, 11) is 1.61. The molecule has 0 aliphatic heterocycles. The summed E-state index contributed by atoms with van der Waals surface area (Å²) in [5.74, 6) is 0. The molecule has 1 heterocycles. The minimum Gasteiger partial charge on any atom is -0.390 e. The van der Waals surface area contributed by atoms with Crippen LogP contribution in [-0.4, -0.2) is 24.9 Å². The molecule has 0 aromatic carbocycles. The molecule has 3 heteroatoms. The van der Waals surface area contributed by atoms with Gasteiger partial charge in [0.25, 0.3) is 0 Å². The van der Waals surface area contributed by atoms with Gasteiger partial charge in [0.2, 0.25) is 0 Å². The van der Waals surface area contributed by atoms with Crippen molar-refractivity contribution in [2.24, 2.45) is 0 Å². The summed E-state index contributed by atoms with van der Waals surface area (Å²) in [6, 6.07) is 4.21. The maximum atomic E-state index is 9.47. The van der Waals surface area contributed by atoms with Crippen LogP contribution >= 0.6 is 11.3 Å². The van der Waals surface area contributed by atoms with Crippen LogP contribution in [0.1, 0.15) is 16.7 Å². The molecule has 0 aliphatic rings. The Labute approximate surface area is 83.2 Å². The van der Waals surface area contributed by atoms with Crippen molar-refractivity contribution in [2.75, 3.05) is 13.7 Å². The van der Waals surface area contributed by atoms with Gasteiger partial charge in [-0.25, -0.2) is 0 Å². The molecule has 0 bridgehead atoms. The second kappa shape index (κ2) is 5.37. The molecule has 0 spiro atoms. The molecule has 0 radical (unpaired) electrons. The van der Waals surface area contributed by atoms with Crippen molar-refractivity contribution in [1.29, 1.82) is 0 Å². The number of aliphatic hydroxyl groups excluding tert-OH is 1. The molecule has 0 saturated carbocycles. The second-order valence-electron chi connectivity index (χ2n) is 3.03. The molecule has 0 fully saturated rings. The van der Waals surface area contributed by atoms with Crippen LogP contribution in [0.5, 0.6) is 0 Å². The van der Waals surface area contributed by atoms with Gasteiger partial charge in [-0.1, -0.05) is 6.92 Å². The van der Waals surface area contributed by atoms with Crippen molar-refractivity contribution in [1.82, 2.24) is 0 Å². The fourth-order valence-electron chi connectivity index (χ4n) is 1.21. The van der Waals surface area contributed by atoms with E-state index < -0.39 is 0 Å². The summed E-state index contributed by atoms with van der Waals surface area (Å²) in [6.07, 6.45) is 1.41. The standard InChI is InChI=1S/C10H16O2S/c1-3-9-4-5-10(13-9)6-8(11)7-12-2/h4-5,8,11H,3,6-7H2,1-2H3. The Morgan fingerprint density at radius 1 is 1.46 bits per heavy atom. The molecule has 0 amide bonds. The number of hydrogen-bond acceptors (Lipinski definition) is 3. The number of rotatable bonds is 5. The summed E-state index contributed by atoms with van der Waals surface area (Å²) in [5.41, 5.74) is 0. The number of thiophene rings is 1. The lowest BCUT2D eigenvalue weighted by atomic mass is 10.2. The van der Waals surface area contributed by atoms with Crippen molar-refractivity contribution in [3.63, 3.8) is 0 Å². The van der Waals surface area contributed by atoms with Crippen LogP contribution in [0, 0.1) is 0 Å². The van der Waals surface area contributed by atoms with Crippen LogP contribution in [0.15, 0.2) is 12.1 Å². The van der Waals surface area contributed by atoms with E-state index in [0.717, 1.165) is 6.42 Å². The topological polar surface area (TPSA) is 29.5 Å². The van der Waals surface area contributed by atoms with Crippen LogP contribution < -0.4 is 0 Å². The molecule has 74 valence electrons. The van der Waals surface area contributed by atoms with Crippen molar-refractivity contribution < 1.29 is 9.84 Å². The summed E-state index contributed by atoms with van der Waals surface area (Å²) in [6.45, 7) is 2.56. The maximum absolute atomic E-state index is 9.47. The van der Waals surface area contributed by atoms with Gasteiger partial charge in [0.05, 0.1) is 12.7 Å². The zero-order valence-corrected chi connectivity index (χ0v) is 8.93. The normalized spacial score (nSPS) is 13.2. The first-order valence-electron chi connectivity index (χ1n) is 4.50. The van der Waals surface area contributed by atoms with Gasteiger partial charge in [0, 0.05) is 23.3 Å². The predicted molar refractivity (Wildman–Crippen MR) is 55.3 cm³/mol. The Bertz CT molecular complexity index is 245. The highest BCUT2D eigenvalue weighted by Gasteiger charge is 2.06. The molecule has 2 nitrogen and oxygen atoms in total. The second-order valence-corrected chi connectivity index (χ2v) is 4.29. The molecule has 1 atom stereocenters. The van der Waals surface area contributed by atoms with Gasteiger partial charge < -0.3 is 9.84 Å². The molecule has 1 aromatic heterocycles. The number of hydrogen-bond donors (Lipinski definition) is 1. The number of aliphatic hydroxyl groups is 1. The first-order valence-corrected chi connectivity index (χ1v) is 5.32. The van der Waals surface area contributed by atoms with Crippen LogP contribution in [0.4, 0.5) is 0 Å². The van der Waals surface area contributed by atoms with E-state index in [1.165, 1.54) is 9.75 Å². The van der Waals surface area contributed by atoms with Gasteiger partial charge in [-0.05, 0) is 18.6 Å². The Hall–Kier alpha value is -0.380. The average molecular weight is 200 g/mol. The molecule has 1 rings (SSSR count). The monoisotopic (exact) mass is 200 g/mol. The molecule has 0 aliphatic carbocycles. The minimum atomic E-state index is -0.367. The van der Waals surface area contributed by atoms with E-state index >= 15 is 0 Å². The summed E-state index contributed by atoms with van der Waals surface area (Å²) in [5, 5.41) is 9.47. The average Bonchev–Trinajstić information content (AvgIpc) is 2.52. The SMILES string of the molecule is CCc1ccc(CC(O)COC)s1. The molecule has 0 saturated heterocycles. The van der Waals surface area contributed by atoms with Crippen LogP contribution in [-0.2, 0) is 17.6 Å². The highest BCUT2D eigenvalue weighted by molar-refractivity contribution is 7.11. The van der Waals surface area contributed by atoms with Gasteiger partial charge in [-0.2, -0.15) is 0 Å². The van der Waals surface area contributed by atoms with Gasteiger partial charge in [-0.15, -0.1) is 11.3 Å². The minimum absolute atomic E-state index is 0.367. The zero-order chi connectivity index (χ0) is 9.68. The predicted octanol–water partition coefficient (Wildman–Crippen LogP) is 1.86. The van der Waals surface area contributed by atoms with Crippen LogP contribution in [0.3, 0.4) is 0 Å². The third-order valence-electron chi connectivity index (χ3n) is 1.86. The lowest BCUT2D eigenvalue weighted by Gasteiger charge is -2.06. The quantitative estimate of drug-likeness (QED) is 0.786. The number of methoxy groups -OCH3 is 1. The molecule has 1 N–H and O–H groups in total. The fourth-order valence-corrected chi connectivity index (χ4v) is 2.23. The lowest BCUT2D eigenvalue weighted by Crippen LogP contribution is -2.16. The Morgan fingerprint density at radius 3 is 2.69 bits per heavy atom. The van der Waals surface area contributed by atoms with Gasteiger partial charge in [-0.3, -0.25) is 0 Å². The van der Waals surface area contributed by atoms with Crippen LogP contribution in [0.25, 0.3) is 0 Å². The smallest absolute Gasteiger partial charge is 0.0821 e. The summed E-state index contributed by atoms with van der Waals surface area (Å²) >= 11 is 1.77. The van der Waals surface area contributed by atoms with E-state index in [1.807, 2.05) is 0 Å². The van der Waals surface area contributed by atoms with Crippen molar-refractivity contribution >= 4 is 11.3 Å². The largest absolute Gasteiger partial charge is 0.390 e. The third-order valence-corrected chi connectivity index (χ3v) is 3.11. The summed E-state index contributed by atoms with van der Waals surface area (Å²) in [4.78, 5) is 2.61. The number of aryl methyl sites for hydroxylation is 1. The van der Waals surface area contributed by atoms with Gasteiger partial charge in [0.1, 0.15) is 0 Å². The fraction of sp³-hybridized carbons (Fsp3) is 0.600. The molecule has 1 aromatic rings. The molecular weight excluding hydrogens is 184 g/mol. The maximum Gasteiger partial charge on any atom is 0.0821 e. The highest BCUT2D eigenvalue weighted by Crippen LogP contribution is 2.18. The van der Waals surface area contributed by atoms with E-state index in [9.17, 15) is 5.11 Å². The van der Waals surface area contributed by atoms with E-state index in [-0.39, 0.29) is 6.10 Å². The summed E-state index contributed by atoms with van der Waals surface area (Å²) < 4.78 is 4.86. The molecule has 1 unspecified atom stereocenters. The first-order chi connectivity index (χ1) is 6.26. The molecular formula is C10H16O2S. The zero-order valence-electron chi connectivity index (χ0n) is 8.12. The van der Waals surface area contributed by atoms with Crippen LogP contribution in [0.2, 0.25) is 0 Å². The number of ether oxygens (including phenoxy) is 1.